The van der Waals surface area contributed by atoms with Gasteiger partial charge in [-0.1, -0.05) is 7.43 Å². The van der Waals surface area contributed by atoms with E-state index < -0.39 is 17.5 Å². The molecule has 2 rings (SSSR count). The van der Waals surface area contributed by atoms with Crippen LogP contribution in [0.5, 0.6) is 0 Å². The fraction of sp³-hybridized carbons (Fsp3) is 0.222. The second-order valence-corrected chi connectivity index (χ2v) is 6.96. The van der Waals surface area contributed by atoms with E-state index in [1.54, 1.807) is 0 Å². The maximum absolute atomic E-state index is 13.0. The minimum atomic E-state index is -0.510. The molecule has 0 saturated heterocycles. The number of anilines is 2. The van der Waals surface area contributed by atoms with Crippen molar-refractivity contribution in [3.05, 3.63) is 56.0 Å². The van der Waals surface area contributed by atoms with Crippen molar-refractivity contribution in [2.24, 2.45) is 0 Å². The van der Waals surface area contributed by atoms with E-state index in [4.69, 9.17) is 16.3 Å². The highest BCUT2D eigenvalue weighted by atomic mass is 79.9. The Hall–Kier alpha value is -2.04. The van der Waals surface area contributed by atoms with Gasteiger partial charge in [0.05, 0.1) is 21.6 Å². The predicted molar refractivity (Wildman–Crippen MR) is 113 cm³/mol. The van der Waals surface area contributed by atoms with Crippen LogP contribution in [0.2, 0.25) is 0 Å². The van der Waals surface area contributed by atoms with Gasteiger partial charge in [-0.2, -0.15) is 0 Å². The van der Waals surface area contributed by atoms with E-state index in [1.165, 1.54) is 33.2 Å². The molecule has 1 amide bonds. The average Bonchev–Trinajstić information content (AvgIpc) is 2.60. The average molecular weight is 525 g/mol. The molecule has 0 aliphatic rings. The first-order chi connectivity index (χ1) is 12.5. The maximum Gasteiger partial charge on any atom is 0.279 e. The zero-order chi connectivity index (χ0) is 20.9. The number of Topliss-reactive ketones (excluding diaryl/α,β-unsaturated/α-hetero) is 1. The van der Waals surface area contributed by atoms with E-state index >= 15 is 0 Å². The van der Waals surface area contributed by atoms with E-state index in [-0.39, 0.29) is 39.1 Å². The van der Waals surface area contributed by atoms with Crippen molar-refractivity contribution in [1.29, 1.82) is 0 Å². The van der Waals surface area contributed by atoms with E-state index in [0.29, 0.717) is 5.56 Å². The standard InChI is InChI=1S/C9H10BrFN2O2.C8H7BrFNO.CH4/c1-13(15-2)9(14)5-3-6(10)7(11)4-8(5)12;1-4(12)5-2-6(9)7(10)3-8(5)11;/h3-4H,12H2,1-2H3;2-3H,11H2,1H3;1H4. The van der Waals surface area contributed by atoms with Crippen molar-refractivity contribution in [2.75, 3.05) is 25.6 Å². The summed E-state index contributed by atoms with van der Waals surface area (Å²) in [5.74, 6) is -1.58. The number of nitrogen functional groups attached to an aromatic ring is 2. The molecule has 154 valence electrons. The quantitative estimate of drug-likeness (QED) is 0.341. The molecule has 0 unspecified atom stereocenters. The summed E-state index contributed by atoms with van der Waals surface area (Å²) in [5.41, 5.74) is 11.7. The fourth-order valence-corrected chi connectivity index (χ4v) is 2.55. The molecule has 2 aromatic rings. The molecule has 0 aliphatic carbocycles. The second kappa shape index (κ2) is 11.1. The summed E-state index contributed by atoms with van der Waals surface area (Å²) in [6.45, 7) is 1.38. The predicted octanol–water partition coefficient (Wildman–Crippen LogP) is 4.81. The van der Waals surface area contributed by atoms with Crippen LogP contribution in [-0.4, -0.2) is 30.9 Å². The molecule has 0 fully saturated rings. The first-order valence-corrected chi connectivity index (χ1v) is 8.90. The van der Waals surface area contributed by atoms with Gasteiger partial charge in [0, 0.05) is 24.0 Å². The minimum Gasteiger partial charge on any atom is -0.398 e. The highest BCUT2D eigenvalue weighted by molar-refractivity contribution is 9.10. The Labute approximate surface area is 179 Å². The van der Waals surface area contributed by atoms with Gasteiger partial charge in [-0.15, -0.1) is 0 Å². The second-order valence-electron chi connectivity index (χ2n) is 5.25. The Morgan fingerprint density at radius 1 is 0.964 bits per heavy atom. The first-order valence-electron chi connectivity index (χ1n) is 7.31. The van der Waals surface area contributed by atoms with Crippen LogP contribution in [0.3, 0.4) is 0 Å². The number of rotatable bonds is 3. The molecule has 6 nitrogen and oxygen atoms in total. The number of hydroxylamine groups is 2. The SMILES string of the molecule is C.CC(=O)c1cc(Br)c(F)cc1N.CON(C)C(=O)c1cc(Br)c(F)cc1N. The summed E-state index contributed by atoms with van der Waals surface area (Å²) in [6.07, 6.45) is 0. The zero-order valence-electron chi connectivity index (χ0n) is 14.6. The van der Waals surface area contributed by atoms with Crippen molar-refractivity contribution >= 4 is 54.9 Å². The number of hydrogen-bond acceptors (Lipinski definition) is 5. The first kappa shape index (κ1) is 26.0. The lowest BCUT2D eigenvalue weighted by atomic mass is 10.1. The molecular weight excluding hydrogens is 504 g/mol. The number of ketones is 1. The van der Waals surface area contributed by atoms with Gasteiger partial charge in [0.25, 0.3) is 5.91 Å². The largest absolute Gasteiger partial charge is 0.398 e. The Kier molecular flexibility index (Phi) is 10.3. The molecule has 4 N–H and O–H groups in total. The van der Waals surface area contributed by atoms with Crippen LogP contribution in [0.15, 0.2) is 33.2 Å². The third kappa shape index (κ3) is 6.54. The van der Waals surface area contributed by atoms with Gasteiger partial charge in [0.1, 0.15) is 11.6 Å². The monoisotopic (exact) mass is 523 g/mol. The summed E-state index contributed by atoms with van der Waals surface area (Å²) < 4.78 is 26.2. The minimum absolute atomic E-state index is 0. The zero-order valence-corrected chi connectivity index (χ0v) is 17.8. The molecule has 0 aliphatic heterocycles. The van der Waals surface area contributed by atoms with Crippen molar-refractivity contribution in [1.82, 2.24) is 5.06 Å². The van der Waals surface area contributed by atoms with Crippen molar-refractivity contribution < 1.29 is 23.2 Å². The van der Waals surface area contributed by atoms with Gasteiger partial charge in [0.2, 0.25) is 0 Å². The lowest BCUT2D eigenvalue weighted by molar-refractivity contribution is -0.0756. The van der Waals surface area contributed by atoms with Crippen LogP contribution in [0.1, 0.15) is 35.1 Å². The summed E-state index contributed by atoms with van der Waals surface area (Å²) in [5, 5.41) is 1.01. The lowest BCUT2D eigenvalue weighted by Crippen LogP contribution is -2.26. The van der Waals surface area contributed by atoms with E-state index in [1.807, 2.05) is 0 Å². The number of benzene rings is 2. The number of hydrogen-bond donors (Lipinski definition) is 2. The molecule has 0 bridgehead atoms. The van der Waals surface area contributed by atoms with E-state index in [0.717, 1.165) is 17.2 Å². The maximum atomic E-state index is 13.0. The van der Waals surface area contributed by atoms with E-state index in [2.05, 4.69) is 31.9 Å². The van der Waals surface area contributed by atoms with Gasteiger partial charge >= 0.3 is 0 Å². The van der Waals surface area contributed by atoms with E-state index in [9.17, 15) is 18.4 Å². The molecule has 28 heavy (non-hydrogen) atoms. The summed E-state index contributed by atoms with van der Waals surface area (Å²) in [7, 11) is 2.80. The normalized spacial score (nSPS) is 9.68. The lowest BCUT2D eigenvalue weighted by Gasteiger charge is -2.15. The molecule has 10 heteroatoms. The Morgan fingerprint density at radius 3 is 1.75 bits per heavy atom. The van der Waals surface area contributed by atoms with Gasteiger partial charge in [0.15, 0.2) is 5.78 Å². The van der Waals surface area contributed by atoms with Gasteiger partial charge in [-0.25, -0.2) is 13.8 Å². The highest BCUT2D eigenvalue weighted by Gasteiger charge is 2.16. The Morgan fingerprint density at radius 2 is 1.36 bits per heavy atom. The topological polar surface area (TPSA) is 98.7 Å². The van der Waals surface area contributed by atoms with Gasteiger partial charge in [-0.05, 0) is 63.0 Å². The molecule has 0 saturated carbocycles. The Bertz CT molecular complexity index is 880. The van der Waals surface area contributed by atoms with Crippen LogP contribution in [0.25, 0.3) is 0 Å². The third-order valence-electron chi connectivity index (χ3n) is 3.35. The van der Waals surface area contributed by atoms with Crippen molar-refractivity contribution in [3.63, 3.8) is 0 Å². The number of nitrogens with zero attached hydrogens (tertiary/aromatic N) is 1. The van der Waals surface area contributed by atoms with Gasteiger partial charge in [-0.3, -0.25) is 14.4 Å². The number of nitrogens with two attached hydrogens (primary N) is 2. The summed E-state index contributed by atoms with van der Waals surface area (Å²) in [4.78, 5) is 27.3. The number of amides is 1. The molecule has 0 heterocycles. The van der Waals surface area contributed by atoms with Crippen LogP contribution >= 0.6 is 31.9 Å². The summed E-state index contributed by atoms with van der Waals surface area (Å²) >= 11 is 5.94. The Balaban J connectivity index is 0.000000514. The molecule has 2 aromatic carbocycles. The fourth-order valence-electron chi connectivity index (χ4n) is 1.87. The number of carbonyl (C=O) groups excluding carboxylic acids is 2. The number of halogens is 4. The molecule has 0 atom stereocenters. The highest BCUT2D eigenvalue weighted by Crippen LogP contribution is 2.24. The molecule has 0 radical (unpaired) electrons. The van der Waals surface area contributed by atoms with Crippen LogP contribution in [0.4, 0.5) is 20.2 Å². The molecular formula is C18H21Br2F2N3O3. The molecule has 0 spiro atoms. The van der Waals surface area contributed by atoms with Crippen LogP contribution < -0.4 is 11.5 Å². The van der Waals surface area contributed by atoms with Crippen LogP contribution in [-0.2, 0) is 4.84 Å². The third-order valence-corrected chi connectivity index (χ3v) is 4.57. The van der Waals surface area contributed by atoms with Crippen molar-refractivity contribution in [2.45, 2.75) is 14.4 Å². The smallest absolute Gasteiger partial charge is 0.279 e. The van der Waals surface area contributed by atoms with Crippen LogP contribution in [0, 0.1) is 11.6 Å². The molecule has 0 aromatic heterocycles. The van der Waals surface area contributed by atoms with Crippen molar-refractivity contribution in [3.8, 4) is 0 Å². The van der Waals surface area contributed by atoms with Gasteiger partial charge < -0.3 is 11.5 Å². The number of carbonyl (C=O) groups is 2. The summed E-state index contributed by atoms with van der Waals surface area (Å²) in [6, 6.07) is 4.91.